The van der Waals surface area contributed by atoms with Gasteiger partial charge in [0.15, 0.2) is 11.6 Å². The first-order chi connectivity index (χ1) is 13.2. The number of rotatable bonds is 3. The van der Waals surface area contributed by atoms with E-state index in [1.165, 1.54) is 4.88 Å². The van der Waals surface area contributed by atoms with Gasteiger partial charge in [-0.2, -0.15) is 0 Å². The number of unbranched alkanes of at least 4 members (excludes halogenated alkanes) is 1. The van der Waals surface area contributed by atoms with E-state index < -0.39 is 0 Å². The highest BCUT2D eigenvalue weighted by Crippen LogP contribution is 2.36. The summed E-state index contributed by atoms with van der Waals surface area (Å²) in [7, 11) is 0. The number of hydrogen-bond acceptors (Lipinski definition) is 3. The Bertz CT molecular complexity index is 1150. The molecule has 2 nitrogen and oxygen atoms in total. The molecule has 0 N–H and O–H groups in total. The van der Waals surface area contributed by atoms with Crippen LogP contribution in [-0.2, 0) is 6.42 Å². The molecule has 27 heavy (non-hydrogen) atoms. The molecule has 3 aromatic carbocycles. The topological polar surface area (TPSA) is 34.1 Å². The third kappa shape index (κ3) is 2.54. The van der Waals surface area contributed by atoms with Crippen LogP contribution in [0.15, 0.2) is 54.6 Å². The first-order valence-electron chi connectivity index (χ1n) is 9.34. The van der Waals surface area contributed by atoms with Gasteiger partial charge in [0.1, 0.15) is 0 Å². The molecule has 1 aliphatic rings. The Morgan fingerprint density at radius 1 is 0.741 bits per heavy atom. The highest BCUT2D eigenvalue weighted by Gasteiger charge is 2.30. The maximum atomic E-state index is 13.2. The lowest BCUT2D eigenvalue weighted by molar-refractivity contribution is 0.0979. The molecule has 0 atom stereocenters. The fraction of sp³-hybridized carbons (Fsp3) is 0.167. The minimum atomic E-state index is -0.0476. The van der Waals surface area contributed by atoms with Crippen LogP contribution in [0, 0.1) is 0 Å². The van der Waals surface area contributed by atoms with E-state index in [-0.39, 0.29) is 11.6 Å². The van der Waals surface area contributed by atoms with Crippen LogP contribution < -0.4 is 0 Å². The SMILES string of the molecule is CCCCc1cc2cc3c(cc2s1)C(=O)c1cc2ccccc2cc1C3=O. The van der Waals surface area contributed by atoms with E-state index in [1.807, 2.05) is 48.5 Å². The van der Waals surface area contributed by atoms with Crippen molar-refractivity contribution in [1.29, 1.82) is 0 Å². The van der Waals surface area contributed by atoms with Crippen molar-refractivity contribution in [2.75, 3.05) is 0 Å². The Hall–Kier alpha value is -2.78. The smallest absolute Gasteiger partial charge is 0.194 e. The van der Waals surface area contributed by atoms with Gasteiger partial charge >= 0.3 is 0 Å². The molecule has 1 heterocycles. The van der Waals surface area contributed by atoms with Crippen LogP contribution in [0.4, 0.5) is 0 Å². The highest BCUT2D eigenvalue weighted by molar-refractivity contribution is 7.19. The third-order valence-corrected chi connectivity index (χ3v) is 6.51. The maximum Gasteiger partial charge on any atom is 0.194 e. The Kier molecular flexibility index (Phi) is 3.73. The van der Waals surface area contributed by atoms with E-state index in [1.54, 1.807) is 11.3 Å². The zero-order valence-electron chi connectivity index (χ0n) is 15.0. The molecular weight excluding hydrogens is 352 g/mol. The van der Waals surface area contributed by atoms with Crippen LogP contribution >= 0.6 is 11.3 Å². The number of carbonyl (C=O) groups excluding carboxylic acids is 2. The zero-order valence-corrected chi connectivity index (χ0v) is 15.9. The molecule has 0 fully saturated rings. The van der Waals surface area contributed by atoms with Gasteiger partial charge in [0.05, 0.1) is 0 Å². The summed E-state index contributed by atoms with van der Waals surface area (Å²) < 4.78 is 1.09. The van der Waals surface area contributed by atoms with Gasteiger partial charge in [-0.3, -0.25) is 9.59 Å². The van der Waals surface area contributed by atoms with Gasteiger partial charge < -0.3 is 0 Å². The number of ketones is 2. The summed E-state index contributed by atoms with van der Waals surface area (Å²) >= 11 is 1.73. The summed E-state index contributed by atoms with van der Waals surface area (Å²) in [4.78, 5) is 27.7. The van der Waals surface area contributed by atoms with E-state index in [0.717, 1.165) is 40.1 Å². The second-order valence-electron chi connectivity index (χ2n) is 7.16. The number of hydrogen-bond donors (Lipinski definition) is 0. The van der Waals surface area contributed by atoms with E-state index in [9.17, 15) is 9.59 Å². The minimum absolute atomic E-state index is 0.0456. The van der Waals surface area contributed by atoms with Crippen LogP contribution in [0.5, 0.6) is 0 Å². The molecule has 0 radical (unpaired) electrons. The number of fused-ring (bicyclic) bond motifs is 4. The Balaban J connectivity index is 1.69. The van der Waals surface area contributed by atoms with Crippen LogP contribution in [-0.4, -0.2) is 11.6 Å². The van der Waals surface area contributed by atoms with Crippen molar-refractivity contribution >= 4 is 43.8 Å². The zero-order chi connectivity index (χ0) is 18.5. The van der Waals surface area contributed by atoms with Crippen molar-refractivity contribution in [2.24, 2.45) is 0 Å². The average molecular weight is 370 g/mol. The van der Waals surface area contributed by atoms with Crippen molar-refractivity contribution in [3.63, 3.8) is 0 Å². The fourth-order valence-corrected chi connectivity index (χ4v) is 5.03. The molecule has 0 saturated heterocycles. The van der Waals surface area contributed by atoms with Crippen LogP contribution in [0.1, 0.15) is 56.5 Å². The monoisotopic (exact) mass is 370 g/mol. The van der Waals surface area contributed by atoms with Crippen molar-refractivity contribution < 1.29 is 9.59 Å². The average Bonchev–Trinajstić information content (AvgIpc) is 3.10. The van der Waals surface area contributed by atoms with Crippen molar-refractivity contribution in [3.05, 3.63) is 81.7 Å². The molecule has 0 unspecified atom stereocenters. The summed E-state index contributed by atoms with van der Waals surface area (Å²) in [5, 5.41) is 3.04. The van der Waals surface area contributed by atoms with E-state index in [0.29, 0.717) is 22.3 Å². The van der Waals surface area contributed by atoms with Crippen LogP contribution in [0.2, 0.25) is 0 Å². The van der Waals surface area contributed by atoms with Crippen molar-refractivity contribution in [2.45, 2.75) is 26.2 Å². The van der Waals surface area contributed by atoms with Gasteiger partial charge in [-0.1, -0.05) is 37.6 Å². The largest absolute Gasteiger partial charge is 0.289 e. The standard InChI is InChI=1S/C24H18O2S/c1-2-3-8-17-9-16-12-20-21(13-22(16)27-17)24(26)19-11-15-7-5-4-6-14(15)10-18(19)23(20)25/h4-7,9-13H,2-3,8H2,1H3. The summed E-state index contributed by atoms with van der Waals surface area (Å²) in [6.07, 6.45) is 3.36. The molecule has 0 spiro atoms. The van der Waals surface area contributed by atoms with E-state index >= 15 is 0 Å². The molecule has 5 rings (SSSR count). The van der Waals surface area contributed by atoms with Crippen LogP contribution in [0.3, 0.4) is 0 Å². The molecule has 1 aliphatic carbocycles. The summed E-state index contributed by atoms with van der Waals surface area (Å²) in [6, 6.07) is 17.6. The number of thiophene rings is 1. The molecule has 3 heteroatoms. The Labute approximate surface area is 161 Å². The third-order valence-electron chi connectivity index (χ3n) is 5.35. The molecule has 4 aromatic rings. The van der Waals surface area contributed by atoms with Crippen molar-refractivity contribution in [3.8, 4) is 0 Å². The molecule has 132 valence electrons. The summed E-state index contributed by atoms with van der Waals surface area (Å²) in [6.45, 7) is 2.19. The molecule has 0 aliphatic heterocycles. The normalized spacial score (nSPS) is 13.2. The van der Waals surface area contributed by atoms with Gasteiger partial charge in [-0.25, -0.2) is 0 Å². The van der Waals surface area contributed by atoms with Gasteiger partial charge in [-0.05, 0) is 59.3 Å². The summed E-state index contributed by atoms with van der Waals surface area (Å²) in [5.74, 6) is -0.0932. The fourth-order valence-electron chi connectivity index (χ4n) is 3.90. The van der Waals surface area contributed by atoms with E-state index in [2.05, 4.69) is 13.0 Å². The lowest BCUT2D eigenvalue weighted by atomic mass is 9.82. The van der Waals surface area contributed by atoms with Gasteiger partial charge in [-0.15, -0.1) is 11.3 Å². The molecule has 0 bridgehead atoms. The van der Waals surface area contributed by atoms with Crippen LogP contribution in [0.25, 0.3) is 20.9 Å². The minimum Gasteiger partial charge on any atom is -0.289 e. The second kappa shape index (κ2) is 6.14. The number of carbonyl (C=O) groups is 2. The first kappa shape index (κ1) is 16.4. The molecule has 0 saturated carbocycles. The first-order valence-corrected chi connectivity index (χ1v) is 10.2. The number of aryl methyl sites for hydroxylation is 1. The quantitative estimate of drug-likeness (QED) is 0.380. The maximum absolute atomic E-state index is 13.2. The molecular formula is C24H18O2S. The van der Waals surface area contributed by atoms with Gasteiger partial charge in [0, 0.05) is 31.8 Å². The summed E-state index contributed by atoms with van der Waals surface area (Å²) in [5.41, 5.74) is 2.12. The Morgan fingerprint density at radius 2 is 1.30 bits per heavy atom. The lowest BCUT2D eigenvalue weighted by Gasteiger charge is -2.18. The number of benzene rings is 3. The van der Waals surface area contributed by atoms with Gasteiger partial charge in [0.25, 0.3) is 0 Å². The highest BCUT2D eigenvalue weighted by atomic mass is 32.1. The predicted octanol–water partition coefficient (Wildman–Crippen LogP) is 6.17. The second-order valence-corrected chi connectivity index (χ2v) is 8.32. The predicted molar refractivity (Wildman–Crippen MR) is 111 cm³/mol. The lowest BCUT2D eigenvalue weighted by Crippen LogP contribution is -2.20. The molecule has 1 aromatic heterocycles. The Morgan fingerprint density at radius 3 is 1.89 bits per heavy atom. The van der Waals surface area contributed by atoms with Crippen molar-refractivity contribution in [1.82, 2.24) is 0 Å². The molecule has 0 amide bonds. The van der Waals surface area contributed by atoms with Gasteiger partial charge in [0.2, 0.25) is 0 Å². The van der Waals surface area contributed by atoms with E-state index in [4.69, 9.17) is 0 Å².